The summed E-state index contributed by atoms with van der Waals surface area (Å²) in [4.78, 5) is 30.5. The van der Waals surface area contributed by atoms with Gasteiger partial charge in [0.15, 0.2) is 17.3 Å². The number of hydrogen-bond donors (Lipinski definition) is 2. The number of benzene rings is 1. The van der Waals surface area contributed by atoms with E-state index in [2.05, 4.69) is 4.99 Å². The first-order chi connectivity index (χ1) is 14.1. The number of methoxy groups -OCH3 is 2. The maximum atomic E-state index is 13.6. The van der Waals surface area contributed by atoms with E-state index in [1.807, 2.05) is 0 Å². The first-order valence-electron chi connectivity index (χ1n) is 9.44. The number of aliphatic imine (C=N–C) groups is 1. The zero-order valence-corrected chi connectivity index (χ0v) is 18.2. The molecule has 1 unspecified atom stereocenters. The molecule has 1 spiro atoms. The van der Waals surface area contributed by atoms with Crippen molar-refractivity contribution in [1.82, 2.24) is 0 Å². The van der Waals surface area contributed by atoms with Crippen LogP contribution in [0, 0.1) is 5.92 Å². The number of hydrogen-bond acceptors (Lipinski definition) is 8. The molecule has 1 heterocycles. The predicted octanol–water partition coefficient (Wildman–Crippen LogP) is 2.93. The summed E-state index contributed by atoms with van der Waals surface area (Å²) in [6.07, 6.45) is -0.768. The van der Waals surface area contributed by atoms with Crippen LogP contribution >= 0.6 is 11.6 Å². The van der Waals surface area contributed by atoms with Crippen LogP contribution in [0.15, 0.2) is 22.4 Å². The third-order valence-electron chi connectivity index (χ3n) is 5.43. The molecule has 2 aliphatic rings. The van der Waals surface area contributed by atoms with Gasteiger partial charge in [-0.25, -0.2) is 0 Å². The van der Waals surface area contributed by atoms with Gasteiger partial charge in [0.1, 0.15) is 22.1 Å². The SMILES string of the molecule is COc1cc(OC)c2c(c1Cl)O[C@]1(C2=O)C(O)=C(C(C)=NCC(C)O)C(=O)C[C@H]1C. The molecular formula is C21H24ClNO7. The van der Waals surface area contributed by atoms with E-state index in [-0.39, 0.29) is 57.9 Å². The second-order valence-electron chi connectivity index (χ2n) is 7.49. The van der Waals surface area contributed by atoms with E-state index in [0.717, 1.165) is 0 Å². The van der Waals surface area contributed by atoms with Crippen LogP contribution in [0.1, 0.15) is 37.6 Å². The van der Waals surface area contributed by atoms with E-state index >= 15 is 0 Å². The topological polar surface area (TPSA) is 115 Å². The largest absolute Gasteiger partial charge is 0.507 e. The summed E-state index contributed by atoms with van der Waals surface area (Å²) in [5.41, 5.74) is -1.63. The molecule has 2 N–H and O–H groups in total. The van der Waals surface area contributed by atoms with Crippen LogP contribution in [-0.2, 0) is 4.79 Å². The number of ether oxygens (including phenoxy) is 3. The number of fused-ring (bicyclic) bond motifs is 1. The second-order valence-corrected chi connectivity index (χ2v) is 7.87. The highest BCUT2D eigenvalue weighted by Gasteiger charge is 2.61. The lowest BCUT2D eigenvalue weighted by atomic mass is 9.72. The first kappa shape index (κ1) is 22.1. The maximum absolute atomic E-state index is 13.6. The van der Waals surface area contributed by atoms with Crippen molar-refractivity contribution in [2.45, 2.75) is 38.9 Å². The Balaban J connectivity index is 2.23. The standard InChI is InChI=1S/C21H24ClNO7/c1-9-6-12(25)15(11(3)23-8-10(2)24)19(26)21(9)20(27)16-13(28-4)7-14(29-5)17(22)18(16)30-21/h7,9-10,24,26H,6,8H2,1-5H3/t9-,10?,21+/m1/s1. The van der Waals surface area contributed by atoms with Crippen LogP contribution in [0.4, 0.5) is 0 Å². The molecule has 1 aromatic carbocycles. The highest BCUT2D eigenvalue weighted by molar-refractivity contribution is 6.35. The molecule has 1 aromatic rings. The van der Waals surface area contributed by atoms with Gasteiger partial charge in [-0.1, -0.05) is 18.5 Å². The Kier molecular flexibility index (Phi) is 5.84. The Labute approximate surface area is 179 Å². The zero-order chi connectivity index (χ0) is 22.4. The molecule has 0 radical (unpaired) electrons. The van der Waals surface area contributed by atoms with Gasteiger partial charge >= 0.3 is 0 Å². The molecule has 3 rings (SSSR count). The maximum Gasteiger partial charge on any atom is 0.231 e. The van der Waals surface area contributed by atoms with Crippen LogP contribution < -0.4 is 14.2 Å². The molecule has 1 aliphatic heterocycles. The summed E-state index contributed by atoms with van der Waals surface area (Å²) in [6, 6.07) is 1.47. The molecule has 1 aliphatic carbocycles. The Morgan fingerprint density at radius 2 is 2.00 bits per heavy atom. The molecule has 0 bridgehead atoms. The van der Waals surface area contributed by atoms with Gasteiger partial charge in [-0.2, -0.15) is 0 Å². The number of Topliss-reactive ketones (excluding diaryl/α,β-unsaturated/α-hetero) is 2. The van der Waals surface area contributed by atoms with Crippen LogP contribution in [0.5, 0.6) is 17.2 Å². The summed E-state index contributed by atoms with van der Waals surface area (Å²) in [7, 11) is 2.81. The van der Waals surface area contributed by atoms with Crippen molar-refractivity contribution in [3.8, 4) is 17.2 Å². The number of carbonyl (C=O) groups is 2. The van der Waals surface area contributed by atoms with Gasteiger partial charge in [0, 0.05) is 24.1 Å². The molecule has 0 fully saturated rings. The predicted molar refractivity (Wildman–Crippen MR) is 110 cm³/mol. The zero-order valence-electron chi connectivity index (χ0n) is 17.4. The fraction of sp³-hybridized carbons (Fsp3) is 0.476. The van der Waals surface area contributed by atoms with Gasteiger partial charge in [-0.3, -0.25) is 14.6 Å². The molecule has 9 heteroatoms. The minimum Gasteiger partial charge on any atom is -0.507 e. The monoisotopic (exact) mass is 437 g/mol. The Morgan fingerprint density at radius 1 is 1.37 bits per heavy atom. The van der Waals surface area contributed by atoms with Gasteiger partial charge in [0.2, 0.25) is 11.4 Å². The average molecular weight is 438 g/mol. The number of aliphatic hydroxyl groups excluding tert-OH is 2. The number of allylic oxidation sites excluding steroid dienone is 1. The summed E-state index contributed by atoms with van der Waals surface area (Å²) >= 11 is 6.38. The van der Waals surface area contributed by atoms with E-state index < -0.39 is 29.2 Å². The minimum atomic E-state index is -1.84. The molecule has 8 nitrogen and oxygen atoms in total. The highest BCUT2D eigenvalue weighted by Crippen LogP contribution is 2.54. The van der Waals surface area contributed by atoms with Gasteiger partial charge in [-0.05, 0) is 13.8 Å². The number of halogens is 1. The molecule has 0 saturated carbocycles. The number of aliphatic hydroxyl groups is 2. The van der Waals surface area contributed by atoms with Crippen molar-refractivity contribution in [1.29, 1.82) is 0 Å². The third kappa shape index (κ3) is 3.15. The van der Waals surface area contributed by atoms with E-state index in [1.165, 1.54) is 20.3 Å². The number of ketones is 2. The lowest BCUT2D eigenvalue weighted by Gasteiger charge is -2.37. The van der Waals surface area contributed by atoms with Crippen molar-refractivity contribution in [3.63, 3.8) is 0 Å². The van der Waals surface area contributed by atoms with E-state index in [9.17, 15) is 19.8 Å². The summed E-state index contributed by atoms with van der Waals surface area (Å²) in [5, 5.41) is 20.7. The summed E-state index contributed by atoms with van der Waals surface area (Å²) in [5.74, 6) is -1.65. The second kappa shape index (κ2) is 7.92. The summed E-state index contributed by atoms with van der Waals surface area (Å²) < 4.78 is 16.6. The van der Waals surface area contributed by atoms with Crippen molar-refractivity contribution >= 4 is 28.9 Å². The van der Waals surface area contributed by atoms with Crippen molar-refractivity contribution in [2.75, 3.05) is 20.8 Å². The van der Waals surface area contributed by atoms with Crippen LogP contribution in [0.25, 0.3) is 0 Å². The van der Waals surface area contributed by atoms with E-state index in [1.54, 1.807) is 20.8 Å². The molecule has 0 saturated heterocycles. The van der Waals surface area contributed by atoms with Crippen molar-refractivity contribution in [2.24, 2.45) is 10.9 Å². The number of carbonyl (C=O) groups excluding carboxylic acids is 2. The smallest absolute Gasteiger partial charge is 0.231 e. The first-order valence-corrected chi connectivity index (χ1v) is 9.82. The van der Waals surface area contributed by atoms with Gasteiger partial charge in [0.25, 0.3) is 0 Å². The quantitative estimate of drug-likeness (QED) is 0.680. The molecular weight excluding hydrogens is 414 g/mol. The molecule has 0 amide bonds. The number of rotatable bonds is 5. The van der Waals surface area contributed by atoms with Crippen LogP contribution in [0.2, 0.25) is 5.02 Å². The molecule has 30 heavy (non-hydrogen) atoms. The average Bonchev–Trinajstić information content (AvgIpc) is 3.00. The fourth-order valence-electron chi connectivity index (χ4n) is 3.88. The lowest BCUT2D eigenvalue weighted by molar-refractivity contribution is -0.118. The van der Waals surface area contributed by atoms with Crippen LogP contribution in [0.3, 0.4) is 0 Å². The molecule has 0 aromatic heterocycles. The Morgan fingerprint density at radius 3 is 2.57 bits per heavy atom. The Hall–Kier alpha value is -2.58. The lowest BCUT2D eigenvalue weighted by Crippen LogP contribution is -2.53. The summed E-state index contributed by atoms with van der Waals surface area (Å²) in [6.45, 7) is 4.79. The minimum absolute atomic E-state index is 0.0311. The van der Waals surface area contributed by atoms with Crippen molar-refractivity contribution < 1.29 is 34.0 Å². The normalized spacial score (nSPS) is 24.8. The van der Waals surface area contributed by atoms with Crippen LogP contribution in [-0.4, -0.2) is 60.0 Å². The van der Waals surface area contributed by atoms with Crippen molar-refractivity contribution in [3.05, 3.63) is 28.0 Å². The molecule has 3 atom stereocenters. The third-order valence-corrected chi connectivity index (χ3v) is 5.78. The van der Waals surface area contributed by atoms with Gasteiger partial charge < -0.3 is 24.4 Å². The van der Waals surface area contributed by atoms with Gasteiger partial charge in [0.05, 0.1) is 32.4 Å². The fourth-order valence-corrected chi connectivity index (χ4v) is 4.14. The highest BCUT2D eigenvalue weighted by atomic mass is 35.5. The molecule has 162 valence electrons. The number of nitrogens with zero attached hydrogens (tertiary/aromatic N) is 1. The van der Waals surface area contributed by atoms with E-state index in [4.69, 9.17) is 25.8 Å². The van der Waals surface area contributed by atoms with E-state index in [0.29, 0.717) is 0 Å². The van der Waals surface area contributed by atoms with Gasteiger partial charge in [-0.15, -0.1) is 0 Å². The Bertz CT molecular complexity index is 982.